The van der Waals surface area contributed by atoms with Gasteiger partial charge in [0.25, 0.3) is 0 Å². The zero-order valence-corrected chi connectivity index (χ0v) is 15.2. The van der Waals surface area contributed by atoms with Gasteiger partial charge in [-0.15, -0.1) is 0 Å². The molecule has 0 radical (unpaired) electrons. The van der Waals surface area contributed by atoms with Crippen LogP contribution in [0, 0.1) is 6.92 Å². The molecule has 126 valence electrons. The molecule has 1 atom stereocenters. The second-order valence-corrected chi connectivity index (χ2v) is 7.60. The Morgan fingerprint density at radius 3 is 2.79 bits per heavy atom. The van der Waals surface area contributed by atoms with E-state index >= 15 is 0 Å². The lowest BCUT2D eigenvalue weighted by atomic mass is 10.0. The maximum Gasteiger partial charge on any atom is 0.348 e. The Balaban J connectivity index is 1.97. The predicted octanol–water partition coefficient (Wildman–Crippen LogP) is 4.63. The fraction of sp³-hybridized carbons (Fsp3) is 0.294. The summed E-state index contributed by atoms with van der Waals surface area (Å²) in [5, 5.41) is 11.2. The average molecular weight is 384 g/mol. The van der Waals surface area contributed by atoms with Crippen LogP contribution in [0.3, 0.4) is 0 Å². The first-order valence-electron chi connectivity index (χ1n) is 7.39. The Hall–Kier alpha value is -1.43. The number of hydrogen-bond acceptors (Lipinski definition) is 5. The first kappa shape index (κ1) is 17.4. The summed E-state index contributed by atoms with van der Waals surface area (Å²) in [6.45, 7) is 2.19. The maximum absolute atomic E-state index is 12.2. The SMILES string of the molecule is Cc1cc(O)c(C2=NCCSC(c3ccc(Cl)c(Cl)c3)C2)c(=O)o1. The van der Waals surface area contributed by atoms with E-state index in [2.05, 4.69) is 4.99 Å². The molecule has 0 saturated carbocycles. The van der Waals surface area contributed by atoms with Gasteiger partial charge in [-0.3, -0.25) is 4.99 Å². The number of nitrogens with zero attached hydrogens (tertiary/aromatic N) is 1. The van der Waals surface area contributed by atoms with Crippen LogP contribution in [-0.4, -0.2) is 23.1 Å². The molecule has 0 spiro atoms. The number of thioether (sulfide) groups is 1. The van der Waals surface area contributed by atoms with Gasteiger partial charge in [0, 0.05) is 30.0 Å². The van der Waals surface area contributed by atoms with E-state index in [1.165, 1.54) is 6.07 Å². The molecule has 1 unspecified atom stereocenters. The van der Waals surface area contributed by atoms with Gasteiger partial charge in [-0.1, -0.05) is 29.3 Å². The highest BCUT2D eigenvalue weighted by Gasteiger charge is 2.24. The summed E-state index contributed by atoms with van der Waals surface area (Å²) < 4.78 is 5.12. The quantitative estimate of drug-likeness (QED) is 0.820. The summed E-state index contributed by atoms with van der Waals surface area (Å²) in [6.07, 6.45) is 0.504. The molecule has 0 saturated heterocycles. The highest BCUT2D eigenvalue weighted by atomic mass is 35.5. The average Bonchev–Trinajstić information content (AvgIpc) is 2.75. The van der Waals surface area contributed by atoms with Crippen LogP contribution in [0.1, 0.15) is 28.6 Å². The Morgan fingerprint density at radius 1 is 1.29 bits per heavy atom. The van der Waals surface area contributed by atoms with E-state index in [4.69, 9.17) is 27.6 Å². The van der Waals surface area contributed by atoms with Gasteiger partial charge in [0.2, 0.25) is 0 Å². The van der Waals surface area contributed by atoms with Crippen LogP contribution >= 0.6 is 35.0 Å². The number of halogens is 2. The van der Waals surface area contributed by atoms with E-state index in [1.54, 1.807) is 24.8 Å². The summed E-state index contributed by atoms with van der Waals surface area (Å²) >= 11 is 13.8. The second-order valence-electron chi connectivity index (χ2n) is 5.47. The van der Waals surface area contributed by atoms with Gasteiger partial charge in [-0.05, 0) is 24.6 Å². The fourth-order valence-electron chi connectivity index (χ4n) is 2.64. The molecule has 3 rings (SSSR count). The number of aryl methyl sites for hydroxylation is 1. The number of aliphatic imine (C=N–C) groups is 1. The molecule has 1 aliphatic rings. The molecule has 1 aliphatic heterocycles. The molecule has 1 aromatic heterocycles. The van der Waals surface area contributed by atoms with Crippen molar-refractivity contribution in [1.29, 1.82) is 0 Å². The minimum Gasteiger partial charge on any atom is -0.507 e. The number of benzene rings is 1. The normalized spacial score (nSPS) is 18.1. The minimum absolute atomic E-state index is 0.0705. The Morgan fingerprint density at radius 2 is 2.08 bits per heavy atom. The maximum atomic E-state index is 12.2. The van der Waals surface area contributed by atoms with Crippen molar-refractivity contribution in [2.75, 3.05) is 12.3 Å². The first-order chi connectivity index (χ1) is 11.5. The van der Waals surface area contributed by atoms with Gasteiger partial charge in [-0.2, -0.15) is 11.8 Å². The van der Waals surface area contributed by atoms with Crippen molar-refractivity contribution < 1.29 is 9.52 Å². The molecule has 2 heterocycles. The lowest BCUT2D eigenvalue weighted by Gasteiger charge is -2.16. The van der Waals surface area contributed by atoms with Crippen molar-refractivity contribution in [3.8, 4) is 5.75 Å². The monoisotopic (exact) mass is 383 g/mol. The van der Waals surface area contributed by atoms with Crippen molar-refractivity contribution >= 4 is 40.7 Å². The number of aromatic hydroxyl groups is 1. The first-order valence-corrected chi connectivity index (χ1v) is 9.20. The van der Waals surface area contributed by atoms with Gasteiger partial charge >= 0.3 is 5.63 Å². The van der Waals surface area contributed by atoms with Gasteiger partial charge in [-0.25, -0.2) is 4.79 Å². The van der Waals surface area contributed by atoms with Gasteiger partial charge < -0.3 is 9.52 Å². The third kappa shape index (κ3) is 3.63. The summed E-state index contributed by atoms with van der Waals surface area (Å²) in [6, 6.07) is 6.96. The molecule has 2 aromatic rings. The van der Waals surface area contributed by atoms with Crippen molar-refractivity contribution in [2.45, 2.75) is 18.6 Å². The molecular weight excluding hydrogens is 369 g/mol. The molecule has 0 fully saturated rings. The zero-order chi connectivity index (χ0) is 17.3. The van der Waals surface area contributed by atoms with Crippen molar-refractivity contribution in [3.63, 3.8) is 0 Å². The van der Waals surface area contributed by atoms with Gasteiger partial charge in [0.15, 0.2) is 0 Å². The summed E-state index contributed by atoms with van der Waals surface area (Å²) in [7, 11) is 0. The molecule has 4 nitrogen and oxygen atoms in total. The van der Waals surface area contributed by atoms with Crippen molar-refractivity contribution in [1.82, 2.24) is 0 Å². The highest BCUT2D eigenvalue weighted by molar-refractivity contribution is 7.99. The Kier molecular flexibility index (Phi) is 5.23. The largest absolute Gasteiger partial charge is 0.507 e. The molecule has 0 aliphatic carbocycles. The molecule has 1 N–H and O–H groups in total. The minimum atomic E-state index is -0.564. The van der Waals surface area contributed by atoms with Crippen molar-refractivity contribution in [2.24, 2.45) is 4.99 Å². The summed E-state index contributed by atoms with van der Waals surface area (Å²) in [5.41, 5.74) is 1.15. The van der Waals surface area contributed by atoms with Gasteiger partial charge in [0.05, 0.1) is 15.8 Å². The standard InChI is InChI=1S/C17H15Cl2NO3S/c1-9-6-14(21)16(17(22)23-9)13-8-15(24-5-4-20-13)10-2-3-11(18)12(19)7-10/h2-3,6-7,15,21H,4-5,8H2,1H3. The molecule has 0 amide bonds. The van der Waals surface area contributed by atoms with Crippen molar-refractivity contribution in [3.05, 3.63) is 61.6 Å². The second kappa shape index (κ2) is 7.21. The van der Waals surface area contributed by atoms with Crippen LogP contribution in [0.2, 0.25) is 10.0 Å². The van der Waals surface area contributed by atoms with E-state index in [0.29, 0.717) is 34.5 Å². The summed E-state index contributed by atoms with van der Waals surface area (Å²) in [4.78, 5) is 16.6. The Labute approximate surface area is 153 Å². The zero-order valence-electron chi connectivity index (χ0n) is 12.9. The van der Waals surface area contributed by atoms with Crippen LogP contribution in [0.5, 0.6) is 5.75 Å². The predicted molar refractivity (Wildman–Crippen MR) is 99.1 cm³/mol. The molecule has 1 aromatic carbocycles. The van der Waals surface area contributed by atoms with Crippen LogP contribution in [-0.2, 0) is 0 Å². The number of rotatable bonds is 2. The molecule has 24 heavy (non-hydrogen) atoms. The van der Waals surface area contributed by atoms with E-state index in [-0.39, 0.29) is 16.6 Å². The van der Waals surface area contributed by atoms with Gasteiger partial charge in [0.1, 0.15) is 17.1 Å². The van der Waals surface area contributed by atoms with Crippen LogP contribution in [0.4, 0.5) is 0 Å². The van der Waals surface area contributed by atoms with Crippen LogP contribution < -0.4 is 5.63 Å². The van der Waals surface area contributed by atoms with Crippen LogP contribution in [0.25, 0.3) is 0 Å². The number of hydrogen-bond donors (Lipinski definition) is 1. The Bertz CT molecular complexity index is 863. The third-order valence-electron chi connectivity index (χ3n) is 3.75. The fourth-order valence-corrected chi connectivity index (χ4v) is 4.05. The smallest absolute Gasteiger partial charge is 0.348 e. The van der Waals surface area contributed by atoms with E-state index in [0.717, 1.165) is 11.3 Å². The molecule has 7 heteroatoms. The lowest BCUT2D eigenvalue weighted by molar-refractivity contribution is 0.432. The summed E-state index contributed by atoms with van der Waals surface area (Å²) in [5.74, 6) is 1.08. The van der Waals surface area contributed by atoms with E-state index < -0.39 is 5.63 Å². The van der Waals surface area contributed by atoms with E-state index in [9.17, 15) is 9.90 Å². The third-order valence-corrected chi connectivity index (χ3v) is 5.75. The lowest BCUT2D eigenvalue weighted by Crippen LogP contribution is -2.17. The van der Waals surface area contributed by atoms with E-state index in [1.807, 2.05) is 12.1 Å². The van der Waals surface area contributed by atoms with Crippen LogP contribution in [0.15, 0.2) is 38.5 Å². The topological polar surface area (TPSA) is 62.8 Å². The molecular formula is C17H15Cl2NO3S. The highest BCUT2D eigenvalue weighted by Crippen LogP contribution is 2.38. The molecule has 0 bridgehead atoms.